The molecule has 2 aliphatic rings. The molecular weight excluding hydrogens is 184 g/mol. The van der Waals surface area contributed by atoms with Crippen LogP contribution in [0.3, 0.4) is 0 Å². The van der Waals surface area contributed by atoms with Gasteiger partial charge in [0.05, 0.1) is 19.3 Å². The number of carboxylic acids is 1. The lowest BCUT2D eigenvalue weighted by Crippen LogP contribution is -2.48. The van der Waals surface area contributed by atoms with Gasteiger partial charge in [-0.25, -0.2) is 0 Å². The van der Waals surface area contributed by atoms with Gasteiger partial charge in [-0.3, -0.25) is 14.6 Å². The Morgan fingerprint density at radius 3 is 3.00 bits per heavy atom. The lowest BCUT2D eigenvalue weighted by atomic mass is 10.1. The van der Waals surface area contributed by atoms with E-state index in [1.54, 1.807) is 0 Å². The van der Waals surface area contributed by atoms with Crippen molar-refractivity contribution >= 4 is 5.97 Å². The molecule has 2 fully saturated rings. The number of hydrogen-bond donors (Lipinski definition) is 1. The van der Waals surface area contributed by atoms with E-state index >= 15 is 0 Å². The van der Waals surface area contributed by atoms with E-state index in [1.807, 2.05) is 4.90 Å². The molecule has 2 unspecified atom stereocenters. The first-order valence-electron chi connectivity index (χ1n) is 4.93. The average Bonchev–Trinajstić information content (AvgIpc) is 2.47. The summed E-state index contributed by atoms with van der Waals surface area (Å²) in [6.07, 6.45) is 0.202. The number of likely N-dealkylation sites (N-methyl/N-ethyl adjacent to an activating group) is 1. The van der Waals surface area contributed by atoms with Crippen LogP contribution in [0.25, 0.3) is 0 Å². The summed E-state index contributed by atoms with van der Waals surface area (Å²) in [5, 5.41) is 8.68. The van der Waals surface area contributed by atoms with Crippen LogP contribution in [0.5, 0.6) is 0 Å². The Bertz CT molecular complexity index is 234. The molecule has 14 heavy (non-hydrogen) atoms. The molecular formula is C9H16N2O3. The van der Waals surface area contributed by atoms with Crippen molar-refractivity contribution in [2.24, 2.45) is 0 Å². The number of aliphatic carboxylic acids is 1. The molecule has 5 heteroatoms. The Morgan fingerprint density at radius 1 is 1.57 bits per heavy atom. The molecule has 5 nitrogen and oxygen atoms in total. The predicted molar refractivity (Wildman–Crippen MR) is 50.2 cm³/mol. The van der Waals surface area contributed by atoms with Gasteiger partial charge in [-0.1, -0.05) is 0 Å². The van der Waals surface area contributed by atoms with Gasteiger partial charge < -0.3 is 9.84 Å². The fourth-order valence-corrected chi connectivity index (χ4v) is 2.25. The molecule has 0 radical (unpaired) electrons. The van der Waals surface area contributed by atoms with Crippen LogP contribution in [0, 0.1) is 0 Å². The highest BCUT2D eigenvalue weighted by Gasteiger charge is 2.38. The van der Waals surface area contributed by atoms with Crippen molar-refractivity contribution in [3.8, 4) is 0 Å². The number of nitrogens with zero attached hydrogens (tertiary/aromatic N) is 2. The van der Waals surface area contributed by atoms with Crippen LogP contribution in [-0.2, 0) is 9.53 Å². The maximum Gasteiger partial charge on any atom is 0.317 e. The van der Waals surface area contributed by atoms with Crippen LogP contribution < -0.4 is 0 Å². The van der Waals surface area contributed by atoms with Gasteiger partial charge >= 0.3 is 5.97 Å². The predicted octanol–water partition coefficient (Wildman–Crippen LogP) is -0.914. The van der Waals surface area contributed by atoms with Gasteiger partial charge in [-0.05, 0) is 7.05 Å². The average molecular weight is 200 g/mol. The van der Waals surface area contributed by atoms with Crippen LogP contribution in [-0.4, -0.2) is 72.9 Å². The Balaban J connectivity index is 1.93. The molecule has 2 atom stereocenters. The summed E-state index contributed by atoms with van der Waals surface area (Å²) in [7, 11) is 2.07. The van der Waals surface area contributed by atoms with E-state index in [0.717, 1.165) is 26.2 Å². The topological polar surface area (TPSA) is 53.0 Å². The Labute approximate surface area is 83.2 Å². The number of rotatable bonds is 2. The third-order valence-electron chi connectivity index (χ3n) is 3.01. The smallest absolute Gasteiger partial charge is 0.317 e. The summed E-state index contributed by atoms with van der Waals surface area (Å²) in [4.78, 5) is 14.8. The van der Waals surface area contributed by atoms with Crippen molar-refractivity contribution in [2.75, 3.05) is 39.8 Å². The van der Waals surface area contributed by atoms with Crippen molar-refractivity contribution in [3.63, 3.8) is 0 Å². The second-order valence-corrected chi connectivity index (χ2v) is 4.05. The first-order chi connectivity index (χ1) is 6.66. The Hall–Kier alpha value is -0.650. The molecule has 0 aromatic heterocycles. The zero-order chi connectivity index (χ0) is 10.1. The molecule has 0 aliphatic carbocycles. The first kappa shape index (κ1) is 9.89. The molecule has 80 valence electrons. The molecule has 0 spiro atoms. The van der Waals surface area contributed by atoms with Gasteiger partial charge in [0, 0.05) is 25.7 Å². The van der Waals surface area contributed by atoms with Crippen molar-refractivity contribution in [3.05, 3.63) is 0 Å². The van der Waals surface area contributed by atoms with Gasteiger partial charge in [0.25, 0.3) is 0 Å². The zero-order valence-electron chi connectivity index (χ0n) is 8.35. The summed E-state index contributed by atoms with van der Waals surface area (Å²) in [6, 6.07) is 0.378. The highest BCUT2D eigenvalue weighted by atomic mass is 16.5. The minimum atomic E-state index is -0.758. The molecule has 1 N–H and O–H groups in total. The van der Waals surface area contributed by atoms with Gasteiger partial charge in [-0.15, -0.1) is 0 Å². The SMILES string of the molecule is CN1CCOC2CN(CC(=O)O)CC21. The van der Waals surface area contributed by atoms with Crippen LogP contribution in [0.2, 0.25) is 0 Å². The van der Waals surface area contributed by atoms with E-state index in [-0.39, 0.29) is 12.6 Å². The number of morpholine rings is 1. The van der Waals surface area contributed by atoms with Crippen LogP contribution in [0.15, 0.2) is 0 Å². The van der Waals surface area contributed by atoms with E-state index < -0.39 is 5.97 Å². The van der Waals surface area contributed by atoms with E-state index in [9.17, 15) is 4.79 Å². The zero-order valence-corrected chi connectivity index (χ0v) is 8.35. The minimum absolute atomic E-state index is 0.129. The summed E-state index contributed by atoms with van der Waals surface area (Å²) in [5.74, 6) is -0.758. The lowest BCUT2D eigenvalue weighted by molar-refractivity contribution is -0.138. The normalized spacial score (nSPS) is 34.4. The van der Waals surface area contributed by atoms with E-state index in [0.29, 0.717) is 6.04 Å². The number of hydrogen-bond acceptors (Lipinski definition) is 4. The maximum atomic E-state index is 10.5. The Kier molecular flexibility index (Phi) is 2.71. The van der Waals surface area contributed by atoms with Gasteiger partial charge in [-0.2, -0.15) is 0 Å². The van der Waals surface area contributed by atoms with Crippen molar-refractivity contribution in [1.82, 2.24) is 9.80 Å². The third-order valence-corrected chi connectivity index (χ3v) is 3.01. The standard InChI is InChI=1S/C9H16N2O3/c1-10-2-3-14-8-5-11(4-7(8)10)6-9(12)13/h7-8H,2-6H2,1H3,(H,12,13). The summed E-state index contributed by atoms with van der Waals surface area (Å²) in [6.45, 7) is 3.40. The van der Waals surface area contributed by atoms with Crippen molar-refractivity contribution in [1.29, 1.82) is 0 Å². The first-order valence-corrected chi connectivity index (χ1v) is 4.93. The molecule has 2 aliphatic heterocycles. The van der Waals surface area contributed by atoms with Crippen LogP contribution in [0.4, 0.5) is 0 Å². The summed E-state index contributed by atoms with van der Waals surface area (Å²) in [5.41, 5.74) is 0. The monoisotopic (exact) mass is 200 g/mol. The molecule has 0 aromatic rings. The number of carboxylic acid groups (broad SMARTS) is 1. The number of carbonyl (C=O) groups is 1. The van der Waals surface area contributed by atoms with Crippen LogP contribution >= 0.6 is 0 Å². The highest BCUT2D eigenvalue weighted by Crippen LogP contribution is 2.20. The fraction of sp³-hybridized carbons (Fsp3) is 0.889. The Morgan fingerprint density at radius 2 is 2.36 bits per heavy atom. The second-order valence-electron chi connectivity index (χ2n) is 4.05. The van der Waals surface area contributed by atoms with E-state index in [1.165, 1.54) is 0 Å². The summed E-state index contributed by atoms with van der Waals surface area (Å²) >= 11 is 0. The maximum absolute atomic E-state index is 10.5. The van der Waals surface area contributed by atoms with Crippen LogP contribution in [0.1, 0.15) is 0 Å². The molecule has 0 aromatic carbocycles. The second kappa shape index (κ2) is 3.84. The van der Waals surface area contributed by atoms with Gasteiger partial charge in [0.1, 0.15) is 0 Å². The quantitative estimate of drug-likeness (QED) is 0.625. The van der Waals surface area contributed by atoms with E-state index in [2.05, 4.69) is 11.9 Å². The molecule has 0 amide bonds. The lowest BCUT2D eigenvalue weighted by Gasteiger charge is -2.33. The molecule has 0 saturated carbocycles. The number of likely N-dealkylation sites (tertiary alicyclic amines) is 1. The fourth-order valence-electron chi connectivity index (χ4n) is 2.25. The van der Waals surface area contributed by atoms with Crippen molar-refractivity contribution < 1.29 is 14.6 Å². The van der Waals surface area contributed by atoms with Gasteiger partial charge in [0.15, 0.2) is 0 Å². The molecule has 2 heterocycles. The molecule has 2 saturated heterocycles. The number of fused-ring (bicyclic) bond motifs is 1. The summed E-state index contributed by atoms with van der Waals surface area (Å²) < 4.78 is 5.61. The van der Waals surface area contributed by atoms with Gasteiger partial charge in [0.2, 0.25) is 0 Å². The molecule has 0 bridgehead atoms. The number of ether oxygens (including phenoxy) is 1. The van der Waals surface area contributed by atoms with Crippen molar-refractivity contribution in [2.45, 2.75) is 12.1 Å². The minimum Gasteiger partial charge on any atom is -0.480 e. The third kappa shape index (κ3) is 1.89. The molecule has 2 rings (SSSR count). The highest BCUT2D eigenvalue weighted by molar-refractivity contribution is 5.69. The largest absolute Gasteiger partial charge is 0.480 e. The van der Waals surface area contributed by atoms with E-state index in [4.69, 9.17) is 9.84 Å².